The van der Waals surface area contributed by atoms with Gasteiger partial charge in [-0.1, -0.05) is 32.4 Å². The van der Waals surface area contributed by atoms with E-state index >= 15 is 0 Å². The van der Waals surface area contributed by atoms with Gasteiger partial charge < -0.3 is 4.74 Å². The summed E-state index contributed by atoms with van der Waals surface area (Å²) in [6.45, 7) is 8.66. The first-order valence-electron chi connectivity index (χ1n) is 6.69. The van der Waals surface area contributed by atoms with Crippen molar-refractivity contribution in [2.75, 3.05) is 0 Å². The molecule has 2 aliphatic heterocycles. The van der Waals surface area contributed by atoms with Gasteiger partial charge in [-0.05, 0) is 32.1 Å². The number of Topliss-reactive ketones (excluding diaryl/α,β-unsaturated/α-hetero) is 1. The molecule has 2 heterocycles. The van der Waals surface area contributed by atoms with Gasteiger partial charge >= 0.3 is 0 Å². The second-order valence-electron chi connectivity index (χ2n) is 7.15. The van der Waals surface area contributed by atoms with E-state index in [1.165, 1.54) is 0 Å². The summed E-state index contributed by atoms with van der Waals surface area (Å²) in [6.07, 6.45) is 8.11. The van der Waals surface area contributed by atoms with E-state index in [4.69, 9.17) is 4.74 Å². The topological polar surface area (TPSA) is 26.3 Å². The van der Waals surface area contributed by atoms with Gasteiger partial charge in [0.05, 0.1) is 11.0 Å². The van der Waals surface area contributed by atoms with E-state index in [1.807, 2.05) is 6.92 Å². The van der Waals surface area contributed by atoms with Crippen molar-refractivity contribution in [2.45, 2.75) is 64.6 Å². The minimum Gasteiger partial charge on any atom is -0.359 e. The Kier molecular flexibility index (Phi) is 1.92. The molecule has 0 amide bonds. The predicted molar refractivity (Wildman–Crippen MR) is 66.7 cm³/mol. The molecule has 2 bridgehead atoms. The lowest BCUT2D eigenvalue weighted by molar-refractivity contribution is -0.236. The van der Waals surface area contributed by atoms with Gasteiger partial charge in [0.2, 0.25) is 0 Å². The van der Waals surface area contributed by atoms with E-state index in [1.54, 1.807) is 0 Å². The summed E-state index contributed by atoms with van der Waals surface area (Å²) in [7, 11) is 0. The second-order valence-corrected chi connectivity index (χ2v) is 7.15. The third-order valence-corrected chi connectivity index (χ3v) is 5.50. The molecule has 94 valence electrons. The molecule has 0 aromatic rings. The summed E-state index contributed by atoms with van der Waals surface area (Å²) in [5.74, 6) is 0.393. The summed E-state index contributed by atoms with van der Waals surface area (Å²) in [5, 5.41) is 0. The van der Waals surface area contributed by atoms with Crippen LogP contribution < -0.4 is 0 Å². The van der Waals surface area contributed by atoms with Crippen LogP contribution >= 0.6 is 0 Å². The maximum absolute atomic E-state index is 12.6. The Balaban J connectivity index is 2.20. The summed E-state index contributed by atoms with van der Waals surface area (Å²) in [5.41, 5.74) is -1.00. The van der Waals surface area contributed by atoms with Crippen LogP contribution in [0.25, 0.3) is 0 Å². The molecule has 1 spiro atoms. The fourth-order valence-corrected chi connectivity index (χ4v) is 4.35. The zero-order valence-electron chi connectivity index (χ0n) is 11.3. The summed E-state index contributed by atoms with van der Waals surface area (Å²) in [6, 6.07) is 0. The van der Waals surface area contributed by atoms with Crippen molar-refractivity contribution in [3.8, 4) is 0 Å². The standard InChI is InChI=1S/C15H22O2/c1-12(2)6-5-7-14(4)11(16)10-13(3)8-9-15(12,14)17-13/h8-9H,5-7,10H2,1-4H3/t13-,14-,15-/m0/s1. The highest BCUT2D eigenvalue weighted by Gasteiger charge is 2.68. The van der Waals surface area contributed by atoms with Crippen molar-refractivity contribution in [3.05, 3.63) is 12.2 Å². The molecule has 0 radical (unpaired) electrons. The number of fused-ring (bicyclic) bond motifs is 1. The van der Waals surface area contributed by atoms with Crippen molar-refractivity contribution in [3.63, 3.8) is 0 Å². The molecule has 3 atom stereocenters. The van der Waals surface area contributed by atoms with Crippen molar-refractivity contribution >= 4 is 5.78 Å². The molecule has 2 fully saturated rings. The van der Waals surface area contributed by atoms with Gasteiger partial charge in [0.25, 0.3) is 0 Å². The lowest BCUT2D eigenvalue weighted by Gasteiger charge is -2.60. The first kappa shape index (κ1) is 11.5. The van der Waals surface area contributed by atoms with E-state index in [-0.39, 0.29) is 22.0 Å². The van der Waals surface area contributed by atoms with Crippen LogP contribution in [0.15, 0.2) is 12.2 Å². The number of carbonyl (C=O) groups is 1. The normalized spacial score (nSPS) is 51.4. The van der Waals surface area contributed by atoms with Crippen LogP contribution in [-0.2, 0) is 9.53 Å². The highest BCUT2D eigenvalue weighted by atomic mass is 16.5. The number of rotatable bonds is 0. The van der Waals surface area contributed by atoms with Gasteiger partial charge in [-0.15, -0.1) is 0 Å². The quantitative estimate of drug-likeness (QED) is 0.601. The van der Waals surface area contributed by atoms with E-state index < -0.39 is 0 Å². The molecule has 0 aromatic carbocycles. The molecule has 0 N–H and O–H groups in total. The largest absolute Gasteiger partial charge is 0.359 e. The van der Waals surface area contributed by atoms with Crippen LogP contribution in [0.4, 0.5) is 0 Å². The van der Waals surface area contributed by atoms with Crippen molar-refractivity contribution in [2.24, 2.45) is 10.8 Å². The molecular weight excluding hydrogens is 212 g/mol. The Bertz CT molecular complexity index is 423. The van der Waals surface area contributed by atoms with Crippen molar-refractivity contribution < 1.29 is 9.53 Å². The maximum atomic E-state index is 12.6. The Morgan fingerprint density at radius 1 is 1.12 bits per heavy atom. The average Bonchev–Trinajstić information content (AvgIpc) is 2.51. The number of carbonyl (C=O) groups excluding carboxylic acids is 1. The molecule has 2 nitrogen and oxygen atoms in total. The lowest BCUT2D eigenvalue weighted by Crippen LogP contribution is -2.66. The first-order valence-corrected chi connectivity index (χ1v) is 6.69. The molecule has 1 saturated heterocycles. The zero-order chi connectivity index (χ0) is 12.5. The second kappa shape index (κ2) is 2.85. The number of ether oxygens (including phenoxy) is 1. The van der Waals surface area contributed by atoms with Crippen LogP contribution in [0.1, 0.15) is 53.4 Å². The summed E-state index contributed by atoms with van der Waals surface area (Å²) < 4.78 is 6.43. The third kappa shape index (κ3) is 1.13. The molecule has 0 aromatic heterocycles. The van der Waals surface area contributed by atoms with Gasteiger partial charge in [0.15, 0.2) is 0 Å². The number of ketones is 1. The van der Waals surface area contributed by atoms with E-state index in [0.717, 1.165) is 19.3 Å². The Hall–Kier alpha value is -0.630. The van der Waals surface area contributed by atoms with Gasteiger partial charge in [0.1, 0.15) is 11.4 Å². The molecule has 3 rings (SSSR count). The Labute approximate surface area is 103 Å². The van der Waals surface area contributed by atoms with Crippen LogP contribution in [0.5, 0.6) is 0 Å². The maximum Gasteiger partial charge on any atom is 0.145 e. The minimum absolute atomic E-state index is 0.0460. The molecule has 17 heavy (non-hydrogen) atoms. The molecule has 1 aliphatic carbocycles. The zero-order valence-corrected chi connectivity index (χ0v) is 11.3. The highest BCUT2D eigenvalue weighted by Crippen LogP contribution is 2.64. The predicted octanol–water partition coefficient (Wildman–Crippen LogP) is 3.26. The van der Waals surface area contributed by atoms with Gasteiger partial charge in [-0.25, -0.2) is 0 Å². The fourth-order valence-electron chi connectivity index (χ4n) is 4.35. The summed E-state index contributed by atoms with van der Waals surface area (Å²) >= 11 is 0. The summed E-state index contributed by atoms with van der Waals surface area (Å²) in [4.78, 5) is 12.6. The van der Waals surface area contributed by atoms with Gasteiger partial charge in [-0.2, -0.15) is 0 Å². The van der Waals surface area contributed by atoms with Crippen LogP contribution in [0.3, 0.4) is 0 Å². The van der Waals surface area contributed by atoms with Crippen LogP contribution in [0.2, 0.25) is 0 Å². The van der Waals surface area contributed by atoms with E-state index in [0.29, 0.717) is 12.2 Å². The molecule has 2 heteroatoms. The fraction of sp³-hybridized carbons (Fsp3) is 0.800. The van der Waals surface area contributed by atoms with Crippen LogP contribution in [-0.4, -0.2) is 17.0 Å². The Morgan fingerprint density at radius 2 is 1.82 bits per heavy atom. The molecule has 0 unspecified atom stereocenters. The molecular formula is C15H22O2. The number of hydrogen-bond donors (Lipinski definition) is 0. The van der Waals surface area contributed by atoms with Gasteiger partial charge in [0, 0.05) is 6.42 Å². The average molecular weight is 234 g/mol. The van der Waals surface area contributed by atoms with Crippen LogP contribution in [0, 0.1) is 10.8 Å². The van der Waals surface area contributed by atoms with E-state index in [2.05, 4.69) is 32.9 Å². The molecule has 1 saturated carbocycles. The number of hydrogen-bond acceptors (Lipinski definition) is 2. The smallest absolute Gasteiger partial charge is 0.145 e. The van der Waals surface area contributed by atoms with Crippen molar-refractivity contribution in [1.82, 2.24) is 0 Å². The van der Waals surface area contributed by atoms with Gasteiger partial charge in [-0.3, -0.25) is 4.79 Å². The Morgan fingerprint density at radius 3 is 2.53 bits per heavy atom. The molecule has 3 aliphatic rings. The van der Waals surface area contributed by atoms with Crippen molar-refractivity contribution in [1.29, 1.82) is 0 Å². The SMILES string of the molecule is CC1(C)CCC[C@@]2(C)C(=O)C[C@]3(C)C=C[C@]12O3. The monoisotopic (exact) mass is 234 g/mol. The lowest BCUT2D eigenvalue weighted by atomic mass is 9.51. The highest BCUT2D eigenvalue weighted by molar-refractivity contribution is 5.89. The first-order chi connectivity index (χ1) is 7.75. The third-order valence-electron chi connectivity index (χ3n) is 5.50. The minimum atomic E-state index is -0.373. The van der Waals surface area contributed by atoms with E-state index in [9.17, 15) is 4.79 Å².